The van der Waals surface area contributed by atoms with Crippen LogP contribution in [0.4, 0.5) is 0 Å². The highest BCUT2D eigenvalue weighted by Gasteiger charge is 1.98. The van der Waals surface area contributed by atoms with Crippen molar-refractivity contribution in [2.45, 2.75) is 12.8 Å². The fourth-order valence-corrected chi connectivity index (χ4v) is 0.987. The van der Waals surface area contributed by atoms with Crippen molar-refractivity contribution in [3.8, 4) is 11.5 Å². The molecule has 0 aliphatic rings. The Morgan fingerprint density at radius 1 is 1.43 bits per heavy atom. The third-order valence-electron chi connectivity index (χ3n) is 1.62. The van der Waals surface area contributed by atoms with Crippen LogP contribution in [0.15, 0.2) is 24.3 Å². The topological polar surface area (TPSA) is 66.8 Å². The average molecular weight is 196 g/mol. The first-order valence-electron chi connectivity index (χ1n) is 4.32. The van der Waals surface area contributed by atoms with E-state index in [4.69, 9.17) is 14.9 Å². The molecule has 0 saturated heterocycles. The molecule has 4 nitrogen and oxygen atoms in total. The van der Waals surface area contributed by atoms with Crippen LogP contribution in [-0.4, -0.2) is 22.8 Å². The van der Waals surface area contributed by atoms with Crippen LogP contribution in [0, 0.1) is 0 Å². The summed E-state index contributed by atoms with van der Waals surface area (Å²) in [5, 5.41) is 17.4. The molecule has 1 rings (SSSR count). The van der Waals surface area contributed by atoms with E-state index in [0.29, 0.717) is 18.8 Å². The van der Waals surface area contributed by atoms with Crippen molar-refractivity contribution in [2.75, 3.05) is 6.61 Å². The zero-order chi connectivity index (χ0) is 10.4. The van der Waals surface area contributed by atoms with Gasteiger partial charge in [0.05, 0.1) is 6.61 Å². The molecule has 1 aromatic carbocycles. The minimum atomic E-state index is -0.829. The van der Waals surface area contributed by atoms with Gasteiger partial charge in [-0.3, -0.25) is 4.79 Å². The van der Waals surface area contributed by atoms with E-state index in [1.54, 1.807) is 18.2 Å². The first-order valence-corrected chi connectivity index (χ1v) is 4.32. The van der Waals surface area contributed by atoms with Crippen molar-refractivity contribution in [1.29, 1.82) is 0 Å². The number of carboxylic acids is 1. The number of benzene rings is 1. The van der Waals surface area contributed by atoms with Crippen LogP contribution < -0.4 is 4.74 Å². The molecule has 0 aliphatic carbocycles. The summed E-state index contributed by atoms with van der Waals surface area (Å²) < 4.78 is 5.21. The summed E-state index contributed by atoms with van der Waals surface area (Å²) in [4.78, 5) is 10.2. The number of aromatic hydroxyl groups is 1. The van der Waals surface area contributed by atoms with Crippen LogP contribution >= 0.6 is 0 Å². The summed E-state index contributed by atoms with van der Waals surface area (Å²) in [6, 6.07) is 6.41. The van der Waals surface area contributed by atoms with Gasteiger partial charge in [0.15, 0.2) is 0 Å². The van der Waals surface area contributed by atoms with Crippen molar-refractivity contribution in [3.05, 3.63) is 24.3 Å². The monoisotopic (exact) mass is 196 g/mol. The van der Waals surface area contributed by atoms with E-state index in [0.717, 1.165) is 0 Å². The number of ether oxygens (including phenoxy) is 1. The van der Waals surface area contributed by atoms with Crippen LogP contribution in [0.2, 0.25) is 0 Å². The first kappa shape index (κ1) is 10.4. The molecule has 14 heavy (non-hydrogen) atoms. The molecule has 1 aromatic rings. The van der Waals surface area contributed by atoms with Crippen molar-refractivity contribution in [3.63, 3.8) is 0 Å². The van der Waals surface area contributed by atoms with Crippen LogP contribution in [-0.2, 0) is 4.79 Å². The predicted molar refractivity (Wildman–Crippen MR) is 50.5 cm³/mol. The molecule has 0 heterocycles. The van der Waals surface area contributed by atoms with Crippen molar-refractivity contribution < 1.29 is 19.7 Å². The Labute approximate surface area is 81.8 Å². The number of aliphatic carboxylic acids is 1. The molecule has 76 valence electrons. The van der Waals surface area contributed by atoms with Crippen molar-refractivity contribution in [2.24, 2.45) is 0 Å². The Morgan fingerprint density at radius 2 is 2.21 bits per heavy atom. The van der Waals surface area contributed by atoms with Gasteiger partial charge in [0.1, 0.15) is 11.5 Å². The molecule has 0 aliphatic heterocycles. The van der Waals surface area contributed by atoms with Crippen LogP contribution in [0.3, 0.4) is 0 Å². The molecule has 0 fully saturated rings. The molecule has 0 bridgehead atoms. The van der Waals surface area contributed by atoms with Gasteiger partial charge in [-0.05, 0) is 18.6 Å². The maximum Gasteiger partial charge on any atom is 0.303 e. The Morgan fingerprint density at radius 3 is 2.86 bits per heavy atom. The normalized spacial score (nSPS) is 9.71. The number of hydrogen-bond donors (Lipinski definition) is 2. The van der Waals surface area contributed by atoms with Gasteiger partial charge in [-0.25, -0.2) is 0 Å². The van der Waals surface area contributed by atoms with Gasteiger partial charge in [-0.2, -0.15) is 0 Å². The fraction of sp³-hybridized carbons (Fsp3) is 0.300. The van der Waals surface area contributed by atoms with Gasteiger partial charge in [0.2, 0.25) is 0 Å². The highest BCUT2D eigenvalue weighted by molar-refractivity contribution is 5.66. The maximum absolute atomic E-state index is 10.2. The number of phenols is 1. The van der Waals surface area contributed by atoms with Crippen molar-refractivity contribution in [1.82, 2.24) is 0 Å². The van der Waals surface area contributed by atoms with Gasteiger partial charge in [-0.15, -0.1) is 0 Å². The predicted octanol–water partition coefficient (Wildman–Crippen LogP) is 1.64. The van der Waals surface area contributed by atoms with Crippen LogP contribution in [0.25, 0.3) is 0 Å². The largest absolute Gasteiger partial charge is 0.508 e. The van der Waals surface area contributed by atoms with Gasteiger partial charge in [0.25, 0.3) is 0 Å². The standard InChI is InChI=1S/C10H12O4/c11-8-3-1-4-9(7-8)14-6-2-5-10(12)13/h1,3-4,7,11H,2,5-6H2,(H,12,13). The second kappa shape index (κ2) is 5.11. The molecule has 0 aromatic heterocycles. The Balaban J connectivity index is 2.28. The minimum Gasteiger partial charge on any atom is -0.508 e. The number of phenolic OH excluding ortho intramolecular Hbond substituents is 1. The van der Waals surface area contributed by atoms with Gasteiger partial charge in [-0.1, -0.05) is 6.07 Å². The lowest BCUT2D eigenvalue weighted by molar-refractivity contribution is -0.137. The van der Waals surface area contributed by atoms with E-state index in [9.17, 15) is 4.79 Å². The van der Waals surface area contributed by atoms with E-state index in [1.807, 2.05) is 0 Å². The molecular weight excluding hydrogens is 184 g/mol. The van der Waals surface area contributed by atoms with Gasteiger partial charge >= 0.3 is 5.97 Å². The fourth-order valence-electron chi connectivity index (χ4n) is 0.987. The Bertz CT molecular complexity index is 309. The molecule has 0 atom stereocenters. The third-order valence-corrected chi connectivity index (χ3v) is 1.62. The summed E-state index contributed by atoms with van der Waals surface area (Å²) in [6.07, 6.45) is 0.559. The number of carboxylic acid groups (broad SMARTS) is 1. The second-order valence-corrected chi connectivity index (χ2v) is 2.84. The zero-order valence-electron chi connectivity index (χ0n) is 7.64. The van der Waals surface area contributed by atoms with E-state index >= 15 is 0 Å². The molecule has 0 amide bonds. The maximum atomic E-state index is 10.2. The highest BCUT2D eigenvalue weighted by atomic mass is 16.5. The lowest BCUT2D eigenvalue weighted by atomic mass is 10.3. The second-order valence-electron chi connectivity index (χ2n) is 2.84. The van der Waals surface area contributed by atoms with Gasteiger partial charge in [0, 0.05) is 12.5 Å². The van der Waals surface area contributed by atoms with E-state index in [1.165, 1.54) is 6.07 Å². The number of hydrogen-bond acceptors (Lipinski definition) is 3. The van der Waals surface area contributed by atoms with Crippen molar-refractivity contribution >= 4 is 5.97 Å². The highest BCUT2D eigenvalue weighted by Crippen LogP contribution is 2.17. The summed E-state index contributed by atoms with van der Waals surface area (Å²) in [5.74, 6) is -0.138. The molecule has 0 radical (unpaired) electrons. The summed E-state index contributed by atoms with van der Waals surface area (Å²) >= 11 is 0. The molecule has 0 spiro atoms. The average Bonchev–Trinajstić information content (AvgIpc) is 2.12. The lowest BCUT2D eigenvalue weighted by Gasteiger charge is -2.04. The smallest absolute Gasteiger partial charge is 0.303 e. The molecule has 2 N–H and O–H groups in total. The summed E-state index contributed by atoms with van der Waals surface area (Å²) in [7, 11) is 0. The quantitative estimate of drug-likeness (QED) is 0.702. The Hall–Kier alpha value is -1.71. The molecule has 4 heteroatoms. The number of rotatable bonds is 5. The zero-order valence-corrected chi connectivity index (χ0v) is 7.64. The molecule has 0 saturated carbocycles. The molecule has 0 unspecified atom stereocenters. The van der Waals surface area contributed by atoms with E-state index in [-0.39, 0.29) is 12.2 Å². The first-order chi connectivity index (χ1) is 6.68. The van der Waals surface area contributed by atoms with E-state index < -0.39 is 5.97 Å². The lowest BCUT2D eigenvalue weighted by Crippen LogP contribution is -2.01. The SMILES string of the molecule is O=C(O)CCCOc1cccc(O)c1. The number of carbonyl (C=O) groups is 1. The van der Waals surface area contributed by atoms with Gasteiger partial charge < -0.3 is 14.9 Å². The minimum absolute atomic E-state index is 0.0960. The van der Waals surface area contributed by atoms with E-state index in [2.05, 4.69) is 0 Å². The Kier molecular flexibility index (Phi) is 3.79. The summed E-state index contributed by atoms with van der Waals surface area (Å²) in [6.45, 7) is 0.343. The third kappa shape index (κ3) is 3.80. The van der Waals surface area contributed by atoms with Crippen LogP contribution in [0.5, 0.6) is 11.5 Å². The van der Waals surface area contributed by atoms with Crippen LogP contribution in [0.1, 0.15) is 12.8 Å². The summed E-state index contributed by atoms with van der Waals surface area (Å²) in [5.41, 5.74) is 0. The molecular formula is C10H12O4.